The summed E-state index contributed by atoms with van der Waals surface area (Å²) in [6.07, 6.45) is 0. The van der Waals surface area contributed by atoms with Crippen LogP contribution in [0.2, 0.25) is 46.3 Å². The first-order valence-electron chi connectivity index (χ1n) is 18.8. The van der Waals surface area contributed by atoms with Gasteiger partial charge in [0.2, 0.25) is 0 Å². The zero-order chi connectivity index (χ0) is 37.6. The molecule has 0 N–H and O–H groups in total. The van der Waals surface area contributed by atoms with Crippen LogP contribution in [0.1, 0.15) is 138 Å². The van der Waals surface area contributed by atoms with Crippen LogP contribution in [0, 0.1) is 0 Å². The van der Waals surface area contributed by atoms with Crippen molar-refractivity contribution in [3.8, 4) is 0 Å². The molecule has 1 rings (SSSR count). The lowest BCUT2D eigenvalue weighted by Crippen LogP contribution is -2.73. The van der Waals surface area contributed by atoms with Gasteiger partial charge in [-0.15, -0.1) is 0 Å². The van der Waals surface area contributed by atoms with Crippen molar-refractivity contribution in [2.45, 2.75) is 207 Å². The summed E-state index contributed by atoms with van der Waals surface area (Å²) in [5.41, 5.74) is -0.490. The van der Waals surface area contributed by atoms with E-state index >= 15 is 0 Å². The minimum atomic E-state index is -3.06. The highest BCUT2D eigenvalue weighted by molar-refractivity contribution is 6.96. The molecule has 48 heavy (non-hydrogen) atoms. The first-order chi connectivity index (χ1) is 21.4. The minimum Gasteiger partial charge on any atom is -0.415 e. The Balaban J connectivity index is 4.09. The Morgan fingerprint density at radius 2 is 0.479 bits per heavy atom. The molecule has 1 saturated heterocycles. The molecule has 1 aliphatic heterocycles. The van der Waals surface area contributed by atoms with Gasteiger partial charge in [0, 0.05) is 50.6 Å². The Hall–Kier alpha value is 0.548. The van der Waals surface area contributed by atoms with Crippen LogP contribution in [0.4, 0.5) is 0 Å². The number of hydrogen-bond acceptors (Lipinski definition) is 8. The lowest BCUT2D eigenvalue weighted by atomic mass is 10.2. The summed E-state index contributed by atoms with van der Waals surface area (Å²) in [4.78, 5) is 0. The fourth-order valence-electron chi connectivity index (χ4n) is 5.76. The Labute approximate surface area is 302 Å². The molecule has 0 spiro atoms. The Kier molecular flexibility index (Phi) is 17.1. The maximum atomic E-state index is 7.91. The second kappa shape index (κ2) is 17.6. The highest BCUT2D eigenvalue weighted by atomic mass is 28.5. The summed E-state index contributed by atoms with van der Waals surface area (Å²) in [5.74, 6) is 0. The van der Waals surface area contributed by atoms with E-state index in [4.69, 9.17) is 35.4 Å². The topological polar surface area (TPSA) is 73.8 Å². The van der Waals surface area contributed by atoms with E-state index in [0.717, 1.165) is 0 Å². The number of hydrogen-bond donors (Lipinski definition) is 0. The van der Waals surface area contributed by atoms with Gasteiger partial charge in [0.1, 0.15) is 0 Å². The van der Waals surface area contributed by atoms with Crippen LogP contribution in [0.3, 0.4) is 0 Å². The van der Waals surface area contributed by atoms with Crippen LogP contribution < -0.4 is 0 Å². The molecule has 0 saturated carbocycles. The molecule has 288 valence electrons. The van der Waals surface area contributed by atoms with E-state index in [1.54, 1.807) is 0 Å². The van der Waals surface area contributed by atoms with Crippen LogP contribution in [0.25, 0.3) is 0 Å². The zero-order valence-electron chi connectivity index (χ0n) is 35.2. The average Bonchev–Trinajstić information content (AvgIpc) is 2.83. The third-order valence-corrected chi connectivity index (χ3v) is 30.5. The van der Waals surface area contributed by atoms with Gasteiger partial charge < -0.3 is 35.4 Å². The third-order valence-electron chi connectivity index (χ3n) is 8.84. The maximum absolute atomic E-state index is 7.91. The quantitative estimate of drug-likeness (QED) is 0.144. The molecule has 12 heteroatoms. The summed E-state index contributed by atoms with van der Waals surface area (Å²) in [6, 6.07) is 2.84. The summed E-state index contributed by atoms with van der Waals surface area (Å²) >= 11 is 0. The molecule has 1 heterocycles. The van der Waals surface area contributed by atoms with Gasteiger partial charge in [-0.05, 0) is 105 Å². The van der Waals surface area contributed by atoms with Gasteiger partial charge in [-0.2, -0.15) is 0 Å². The van der Waals surface area contributed by atoms with E-state index < -0.39 is 34.2 Å². The minimum absolute atomic E-state index is 0.147. The molecule has 0 aliphatic carbocycles. The highest BCUT2D eigenvalue weighted by Crippen LogP contribution is 2.50. The van der Waals surface area contributed by atoms with E-state index in [2.05, 4.69) is 138 Å². The van der Waals surface area contributed by atoms with Crippen LogP contribution in [0.15, 0.2) is 0 Å². The van der Waals surface area contributed by atoms with Gasteiger partial charge in [-0.3, -0.25) is 0 Å². The summed E-state index contributed by atoms with van der Waals surface area (Å²) < 4.78 is 57.3. The van der Waals surface area contributed by atoms with Crippen molar-refractivity contribution in [1.29, 1.82) is 0 Å². The fourth-order valence-corrected chi connectivity index (χ4v) is 31.9. The molecule has 1 aliphatic rings. The molecule has 0 atom stereocenters. The van der Waals surface area contributed by atoms with Crippen molar-refractivity contribution in [2.24, 2.45) is 0 Å². The van der Waals surface area contributed by atoms with E-state index in [1.807, 2.05) is 0 Å². The van der Waals surface area contributed by atoms with Gasteiger partial charge in [-0.25, -0.2) is 0 Å². The van der Waals surface area contributed by atoms with Crippen LogP contribution >= 0.6 is 0 Å². The standard InChI is InChI=1S/C36H80O8Si4/c1-29(2)45(25-21-37-33(9,10)11)41-46(30(3)4,26-22-38-34(12,13)14)43-48(32(7)8,28-24-40-36(18,19)20)44-47(42-45,31(5)6)27-23-39-35(15,16)17/h29-32H,21-28H2,1-20H3. The Bertz CT molecular complexity index is 786. The Morgan fingerprint density at radius 1 is 0.333 bits per heavy atom. The van der Waals surface area contributed by atoms with E-state index in [1.165, 1.54) is 0 Å². The zero-order valence-corrected chi connectivity index (χ0v) is 39.2. The van der Waals surface area contributed by atoms with Crippen molar-refractivity contribution in [1.82, 2.24) is 0 Å². The molecule has 1 fully saturated rings. The normalized spacial score (nSPS) is 28.5. The number of ether oxygens (including phenoxy) is 4. The molecular formula is C36H80O8Si4. The fraction of sp³-hybridized carbons (Fsp3) is 1.00. The molecule has 0 aromatic carbocycles. The van der Waals surface area contributed by atoms with Gasteiger partial charge in [0.25, 0.3) is 0 Å². The first-order valence-corrected chi connectivity index (χ1v) is 27.2. The SMILES string of the molecule is CC(C)[Si]1(CCOC(C)(C)C)O[Si](CCOC(C)(C)C)(C(C)C)O[Si](CCOC(C)(C)C)(C(C)C)O[Si](CCOC(C)(C)C)(C(C)C)O1. The van der Waals surface area contributed by atoms with Crippen molar-refractivity contribution < 1.29 is 35.4 Å². The monoisotopic (exact) mass is 752 g/mol. The summed E-state index contributed by atoms with van der Waals surface area (Å²) in [6.45, 7) is 45.7. The van der Waals surface area contributed by atoms with Crippen molar-refractivity contribution in [3.05, 3.63) is 0 Å². The molecular weight excluding hydrogens is 673 g/mol. The van der Waals surface area contributed by atoms with Crippen LogP contribution in [0.5, 0.6) is 0 Å². The molecule has 0 bridgehead atoms. The van der Waals surface area contributed by atoms with Gasteiger partial charge in [-0.1, -0.05) is 55.4 Å². The molecule has 0 radical (unpaired) electrons. The van der Waals surface area contributed by atoms with Crippen molar-refractivity contribution in [2.75, 3.05) is 26.4 Å². The average molecular weight is 753 g/mol. The predicted molar refractivity (Wildman–Crippen MR) is 210 cm³/mol. The van der Waals surface area contributed by atoms with Crippen molar-refractivity contribution in [3.63, 3.8) is 0 Å². The lowest BCUT2D eigenvalue weighted by molar-refractivity contribution is -0.00177. The third kappa shape index (κ3) is 14.9. The van der Waals surface area contributed by atoms with Crippen LogP contribution in [-0.4, -0.2) is 83.1 Å². The smallest absolute Gasteiger partial charge is 0.325 e. The van der Waals surface area contributed by atoms with Gasteiger partial charge >= 0.3 is 34.2 Å². The predicted octanol–water partition coefficient (Wildman–Crippen LogP) is 10.7. The summed E-state index contributed by atoms with van der Waals surface area (Å²) in [7, 11) is -12.2. The van der Waals surface area contributed by atoms with Crippen LogP contribution in [-0.2, 0) is 35.4 Å². The largest absolute Gasteiger partial charge is 0.415 e. The molecule has 8 nitrogen and oxygen atoms in total. The van der Waals surface area contributed by atoms with E-state index in [0.29, 0.717) is 50.6 Å². The van der Waals surface area contributed by atoms with E-state index in [-0.39, 0.29) is 44.6 Å². The van der Waals surface area contributed by atoms with Gasteiger partial charge in [0.15, 0.2) is 0 Å². The molecule has 0 unspecified atom stereocenters. The van der Waals surface area contributed by atoms with E-state index in [9.17, 15) is 0 Å². The summed E-state index contributed by atoms with van der Waals surface area (Å²) in [5, 5.41) is 0. The van der Waals surface area contributed by atoms with Gasteiger partial charge in [0.05, 0.1) is 22.4 Å². The molecule has 0 aromatic rings. The highest BCUT2D eigenvalue weighted by Gasteiger charge is 2.65. The number of rotatable bonds is 16. The van der Waals surface area contributed by atoms with Crippen molar-refractivity contribution >= 4 is 34.2 Å². The second-order valence-corrected chi connectivity index (χ2v) is 35.5. The second-order valence-electron chi connectivity index (χ2n) is 19.1. The molecule has 0 amide bonds. The first kappa shape index (κ1) is 46.6. The molecule has 0 aromatic heterocycles. The maximum Gasteiger partial charge on any atom is 0.325 e. The Morgan fingerprint density at radius 3 is 0.583 bits per heavy atom. The lowest BCUT2D eigenvalue weighted by Gasteiger charge is -2.57.